The van der Waals surface area contributed by atoms with E-state index in [1.807, 2.05) is 31.2 Å². The van der Waals surface area contributed by atoms with Crippen molar-refractivity contribution in [2.24, 2.45) is 0 Å². The average molecular weight is 325 g/mol. The van der Waals surface area contributed by atoms with Gasteiger partial charge in [-0.1, -0.05) is 29.8 Å². The van der Waals surface area contributed by atoms with E-state index >= 15 is 0 Å². The first kappa shape index (κ1) is 16.5. The number of pyridine rings is 1. The molecule has 1 amide bonds. The van der Waals surface area contributed by atoms with Crippen LogP contribution < -0.4 is 10.2 Å². The predicted octanol–water partition coefficient (Wildman–Crippen LogP) is 2.72. The highest BCUT2D eigenvalue weighted by Crippen LogP contribution is 2.16. The molecular weight excluding hydrogens is 302 g/mol. The summed E-state index contributed by atoms with van der Waals surface area (Å²) in [4.78, 5) is 19.0. The van der Waals surface area contributed by atoms with Crippen LogP contribution in [0.1, 0.15) is 34.5 Å². The van der Waals surface area contributed by atoms with Crippen molar-refractivity contribution in [2.45, 2.75) is 19.9 Å². The predicted molar refractivity (Wildman–Crippen MR) is 94.3 cm³/mol. The Morgan fingerprint density at radius 2 is 1.88 bits per heavy atom. The molecule has 126 valence electrons. The van der Waals surface area contributed by atoms with Gasteiger partial charge in [0.2, 0.25) is 0 Å². The zero-order valence-corrected chi connectivity index (χ0v) is 14.2. The van der Waals surface area contributed by atoms with Crippen LogP contribution in [0.2, 0.25) is 0 Å². The number of aryl methyl sites for hydroxylation is 1. The number of hydrogen-bond acceptors (Lipinski definition) is 4. The van der Waals surface area contributed by atoms with Gasteiger partial charge in [0, 0.05) is 19.3 Å². The molecule has 5 heteroatoms. The highest BCUT2D eigenvalue weighted by atomic mass is 16.5. The van der Waals surface area contributed by atoms with E-state index in [-0.39, 0.29) is 11.9 Å². The van der Waals surface area contributed by atoms with E-state index in [0.717, 1.165) is 37.7 Å². The molecule has 0 bridgehead atoms. The molecular formula is C19H23N3O2. The Morgan fingerprint density at radius 3 is 2.50 bits per heavy atom. The number of nitrogens with zero attached hydrogens (tertiary/aromatic N) is 2. The lowest BCUT2D eigenvalue weighted by Crippen LogP contribution is -2.36. The third-order valence-corrected chi connectivity index (χ3v) is 4.27. The molecule has 1 aromatic heterocycles. The Morgan fingerprint density at radius 1 is 1.17 bits per heavy atom. The first-order valence-corrected chi connectivity index (χ1v) is 8.29. The molecule has 2 heterocycles. The molecule has 1 aliphatic rings. The minimum atomic E-state index is -0.107. The average Bonchev–Trinajstić information content (AvgIpc) is 2.63. The Labute approximate surface area is 142 Å². The minimum absolute atomic E-state index is 0.0444. The van der Waals surface area contributed by atoms with E-state index in [0.29, 0.717) is 5.56 Å². The summed E-state index contributed by atoms with van der Waals surface area (Å²) in [5, 5.41) is 3.02. The Bertz CT molecular complexity index is 677. The van der Waals surface area contributed by atoms with Crippen molar-refractivity contribution >= 4 is 11.7 Å². The fourth-order valence-corrected chi connectivity index (χ4v) is 2.72. The molecule has 3 rings (SSSR count). The van der Waals surface area contributed by atoms with Gasteiger partial charge in [0.25, 0.3) is 5.91 Å². The van der Waals surface area contributed by atoms with Gasteiger partial charge in [-0.15, -0.1) is 0 Å². The van der Waals surface area contributed by atoms with Crippen molar-refractivity contribution < 1.29 is 9.53 Å². The van der Waals surface area contributed by atoms with Crippen molar-refractivity contribution in [3.05, 3.63) is 59.3 Å². The fourth-order valence-electron chi connectivity index (χ4n) is 2.72. The van der Waals surface area contributed by atoms with Gasteiger partial charge in [-0.25, -0.2) is 4.98 Å². The van der Waals surface area contributed by atoms with Crippen LogP contribution in [0.15, 0.2) is 42.6 Å². The molecule has 5 nitrogen and oxygen atoms in total. The van der Waals surface area contributed by atoms with Crippen LogP contribution in [0.4, 0.5) is 5.82 Å². The third kappa shape index (κ3) is 3.92. The number of hydrogen-bond donors (Lipinski definition) is 1. The lowest BCUT2D eigenvalue weighted by atomic mass is 10.1. The smallest absolute Gasteiger partial charge is 0.253 e. The van der Waals surface area contributed by atoms with Gasteiger partial charge in [0.15, 0.2) is 0 Å². The number of morpholine rings is 1. The highest BCUT2D eigenvalue weighted by molar-refractivity contribution is 5.94. The molecule has 1 aliphatic heterocycles. The van der Waals surface area contributed by atoms with E-state index < -0.39 is 0 Å². The maximum Gasteiger partial charge on any atom is 0.253 e. The highest BCUT2D eigenvalue weighted by Gasteiger charge is 2.15. The Balaban J connectivity index is 1.63. The number of aromatic nitrogens is 1. The van der Waals surface area contributed by atoms with Gasteiger partial charge in [0.1, 0.15) is 5.82 Å². The summed E-state index contributed by atoms with van der Waals surface area (Å²) < 4.78 is 5.34. The lowest BCUT2D eigenvalue weighted by molar-refractivity contribution is 0.0939. The van der Waals surface area contributed by atoms with E-state index in [1.165, 1.54) is 5.56 Å². The summed E-state index contributed by atoms with van der Waals surface area (Å²) in [6.45, 7) is 7.15. The summed E-state index contributed by atoms with van der Waals surface area (Å²) in [5.74, 6) is 0.783. The topological polar surface area (TPSA) is 54.5 Å². The Kier molecular flexibility index (Phi) is 5.11. The number of benzene rings is 1. The molecule has 24 heavy (non-hydrogen) atoms. The molecule has 0 aliphatic carbocycles. The first-order valence-electron chi connectivity index (χ1n) is 8.29. The quantitative estimate of drug-likeness (QED) is 0.939. The number of nitrogens with one attached hydrogen (secondary N) is 1. The number of rotatable bonds is 4. The maximum absolute atomic E-state index is 12.4. The SMILES string of the molecule is Cc1ccc([C@@H](C)NC(=O)c2ccc(N3CCOCC3)nc2)cc1. The van der Waals surface area contributed by atoms with E-state index in [2.05, 4.69) is 34.3 Å². The zero-order chi connectivity index (χ0) is 16.9. The summed E-state index contributed by atoms with van der Waals surface area (Å²) in [6, 6.07) is 11.9. The van der Waals surface area contributed by atoms with Crippen molar-refractivity contribution in [1.29, 1.82) is 0 Å². The molecule has 0 unspecified atom stereocenters. The molecule has 0 radical (unpaired) electrons. The number of ether oxygens (including phenoxy) is 1. The molecule has 1 aromatic carbocycles. The van der Waals surface area contributed by atoms with Crippen LogP contribution in [-0.4, -0.2) is 37.2 Å². The van der Waals surface area contributed by atoms with Crippen LogP contribution in [0.25, 0.3) is 0 Å². The van der Waals surface area contributed by atoms with Gasteiger partial charge in [-0.2, -0.15) is 0 Å². The second kappa shape index (κ2) is 7.45. The van der Waals surface area contributed by atoms with Crippen molar-refractivity contribution in [3.8, 4) is 0 Å². The van der Waals surface area contributed by atoms with Crippen molar-refractivity contribution in [1.82, 2.24) is 10.3 Å². The molecule has 2 aromatic rings. The van der Waals surface area contributed by atoms with E-state index in [9.17, 15) is 4.79 Å². The van der Waals surface area contributed by atoms with Gasteiger partial charge in [-0.05, 0) is 31.5 Å². The summed E-state index contributed by atoms with van der Waals surface area (Å²) in [5.41, 5.74) is 2.87. The van der Waals surface area contributed by atoms with Gasteiger partial charge in [0.05, 0.1) is 24.8 Å². The standard InChI is InChI=1S/C19H23N3O2/c1-14-3-5-16(6-4-14)15(2)21-19(23)17-7-8-18(20-13-17)22-9-11-24-12-10-22/h3-8,13,15H,9-12H2,1-2H3,(H,21,23)/t15-/m1/s1. The fraction of sp³-hybridized carbons (Fsp3) is 0.368. The van der Waals surface area contributed by atoms with Gasteiger partial charge in [-0.3, -0.25) is 4.79 Å². The van der Waals surface area contributed by atoms with Crippen LogP contribution >= 0.6 is 0 Å². The van der Waals surface area contributed by atoms with Crippen LogP contribution in [0.3, 0.4) is 0 Å². The van der Waals surface area contributed by atoms with Crippen molar-refractivity contribution in [3.63, 3.8) is 0 Å². The molecule has 1 N–H and O–H groups in total. The third-order valence-electron chi connectivity index (χ3n) is 4.27. The number of carbonyl (C=O) groups is 1. The number of amides is 1. The molecule has 0 saturated carbocycles. The normalized spacial score (nSPS) is 15.8. The second-order valence-electron chi connectivity index (χ2n) is 6.11. The van der Waals surface area contributed by atoms with Crippen LogP contribution in [0, 0.1) is 6.92 Å². The zero-order valence-electron chi connectivity index (χ0n) is 14.2. The maximum atomic E-state index is 12.4. The molecule has 1 saturated heterocycles. The van der Waals surface area contributed by atoms with Crippen LogP contribution in [-0.2, 0) is 4.74 Å². The van der Waals surface area contributed by atoms with E-state index in [4.69, 9.17) is 4.74 Å². The van der Waals surface area contributed by atoms with Gasteiger partial charge >= 0.3 is 0 Å². The first-order chi connectivity index (χ1) is 11.6. The number of anilines is 1. The summed E-state index contributed by atoms with van der Waals surface area (Å²) in [6.07, 6.45) is 1.64. The lowest BCUT2D eigenvalue weighted by Gasteiger charge is -2.27. The van der Waals surface area contributed by atoms with Crippen LogP contribution in [0.5, 0.6) is 0 Å². The second-order valence-corrected chi connectivity index (χ2v) is 6.11. The number of carbonyl (C=O) groups excluding carboxylic acids is 1. The largest absolute Gasteiger partial charge is 0.378 e. The van der Waals surface area contributed by atoms with Gasteiger partial charge < -0.3 is 15.0 Å². The summed E-state index contributed by atoms with van der Waals surface area (Å²) in [7, 11) is 0. The molecule has 0 spiro atoms. The van der Waals surface area contributed by atoms with Crippen molar-refractivity contribution in [2.75, 3.05) is 31.2 Å². The minimum Gasteiger partial charge on any atom is -0.378 e. The molecule has 1 atom stereocenters. The summed E-state index contributed by atoms with van der Waals surface area (Å²) >= 11 is 0. The Hall–Kier alpha value is -2.40. The van der Waals surface area contributed by atoms with E-state index in [1.54, 1.807) is 6.20 Å². The monoisotopic (exact) mass is 325 g/mol. The molecule has 1 fully saturated rings.